The second-order valence-corrected chi connectivity index (χ2v) is 4.72. The first-order valence-corrected chi connectivity index (χ1v) is 6.89. The zero-order valence-electron chi connectivity index (χ0n) is 13.8. The van der Waals surface area contributed by atoms with Crippen molar-refractivity contribution in [3.63, 3.8) is 0 Å². The quantitative estimate of drug-likeness (QED) is 0.621. The number of hydrogen-bond acceptors (Lipinski definition) is 6. The molecular weight excluding hydrogens is 316 g/mol. The van der Waals surface area contributed by atoms with E-state index in [4.69, 9.17) is 9.47 Å². The van der Waals surface area contributed by atoms with Crippen LogP contribution >= 0.6 is 0 Å². The standard InChI is InChI=1S/2C8H9NO3/c2*1-6-7(9(10)11)4-3-5-8(6)12-2/h2*3-5H,1-2H3. The van der Waals surface area contributed by atoms with Crippen LogP contribution in [-0.2, 0) is 0 Å². The molecule has 0 heterocycles. The smallest absolute Gasteiger partial charge is 0.276 e. The van der Waals surface area contributed by atoms with E-state index in [9.17, 15) is 20.2 Å². The lowest BCUT2D eigenvalue weighted by atomic mass is 10.2. The van der Waals surface area contributed by atoms with E-state index in [1.807, 2.05) is 0 Å². The van der Waals surface area contributed by atoms with Crippen LogP contribution in [0, 0.1) is 34.1 Å². The van der Waals surface area contributed by atoms with E-state index in [1.54, 1.807) is 38.1 Å². The molecule has 0 saturated carbocycles. The van der Waals surface area contributed by atoms with Crippen molar-refractivity contribution < 1.29 is 19.3 Å². The van der Waals surface area contributed by atoms with Crippen LogP contribution in [0.2, 0.25) is 0 Å². The first-order chi connectivity index (χ1) is 11.3. The Morgan fingerprint density at radius 2 is 1.08 bits per heavy atom. The van der Waals surface area contributed by atoms with Crippen molar-refractivity contribution in [3.05, 3.63) is 67.8 Å². The Kier molecular flexibility index (Phi) is 6.66. The summed E-state index contributed by atoms with van der Waals surface area (Å²) < 4.78 is 9.86. The van der Waals surface area contributed by atoms with Crippen molar-refractivity contribution >= 4 is 11.4 Å². The van der Waals surface area contributed by atoms with Gasteiger partial charge in [0.2, 0.25) is 0 Å². The molecule has 0 N–H and O–H groups in total. The third kappa shape index (κ3) is 4.42. The van der Waals surface area contributed by atoms with Crippen molar-refractivity contribution in [1.82, 2.24) is 0 Å². The molecule has 0 amide bonds. The molecule has 24 heavy (non-hydrogen) atoms. The third-order valence-corrected chi connectivity index (χ3v) is 3.34. The number of nitrogens with zero attached hydrogens (tertiary/aromatic N) is 2. The summed E-state index contributed by atoms with van der Waals surface area (Å²) in [7, 11) is 2.98. The van der Waals surface area contributed by atoms with Gasteiger partial charge in [-0.25, -0.2) is 0 Å². The van der Waals surface area contributed by atoms with Crippen LogP contribution in [0.4, 0.5) is 11.4 Å². The largest absolute Gasteiger partial charge is 0.496 e. The van der Waals surface area contributed by atoms with Crippen LogP contribution in [0.25, 0.3) is 0 Å². The Hall–Kier alpha value is -3.16. The number of methoxy groups -OCH3 is 2. The van der Waals surface area contributed by atoms with E-state index in [1.165, 1.54) is 26.4 Å². The minimum atomic E-state index is -0.419. The molecule has 0 aliphatic rings. The Labute approximate surface area is 138 Å². The zero-order valence-corrected chi connectivity index (χ0v) is 13.8. The number of ether oxygens (including phenoxy) is 2. The van der Waals surface area contributed by atoms with Gasteiger partial charge < -0.3 is 9.47 Å². The number of nitro benzene ring substituents is 2. The van der Waals surface area contributed by atoms with Gasteiger partial charge in [0, 0.05) is 12.1 Å². The van der Waals surface area contributed by atoms with Crippen LogP contribution in [-0.4, -0.2) is 24.1 Å². The van der Waals surface area contributed by atoms with E-state index in [-0.39, 0.29) is 11.4 Å². The van der Waals surface area contributed by atoms with Crippen LogP contribution in [0.15, 0.2) is 36.4 Å². The average molecular weight is 334 g/mol. The van der Waals surface area contributed by atoms with Gasteiger partial charge in [-0.3, -0.25) is 20.2 Å². The zero-order chi connectivity index (χ0) is 18.3. The molecule has 0 atom stereocenters. The topological polar surface area (TPSA) is 105 Å². The molecule has 2 aromatic rings. The fourth-order valence-corrected chi connectivity index (χ4v) is 2.04. The Morgan fingerprint density at radius 1 is 0.750 bits per heavy atom. The van der Waals surface area contributed by atoms with Crippen LogP contribution < -0.4 is 9.47 Å². The number of hydrogen-bond donors (Lipinski definition) is 0. The normalized spacial score (nSPS) is 9.50. The molecule has 0 aliphatic carbocycles. The molecule has 0 fully saturated rings. The maximum atomic E-state index is 10.4. The van der Waals surface area contributed by atoms with Crippen molar-refractivity contribution in [1.29, 1.82) is 0 Å². The predicted molar refractivity (Wildman–Crippen MR) is 88.8 cm³/mol. The van der Waals surface area contributed by atoms with Gasteiger partial charge in [0.15, 0.2) is 0 Å². The molecule has 0 spiro atoms. The molecule has 0 saturated heterocycles. The number of rotatable bonds is 4. The van der Waals surface area contributed by atoms with Crippen molar-refractivity contribution in [3.8, 4) is 11.5 Å². The summed E-state index contributed by atoms with van der Waals surface area (Å²) in [5.74, 6) is 1.09. The molecule has 8 heteroatoms. The summed E-state index contributed by atoms with van der Waals surface area (Å²) in [6, 6.07) is 9.51. The van der Waals surface area contributed by atoms with Gasteiger partial charge in [0.25, 0.3) is 11.4 Å². The molecule has 8 nitrogen and oxygen atoms in total. The lowest BCUT2D eigenvalue weighted by molar-refractivity contribution is -0.385. The second-order valence-electron chi connectivity index (χ2n) is 4.72. The van der Waals surface area contributed by atoms with Crippen LogP contribution in [0.5, 0.6) is 11.5 Å². The lowest BCUT2D eigenvalue weighted by Gasteiger charge is -2.03. The molecule has 2 aromatic carbocycles. The molecule has 0 aliphatic heterocycles. The highest BCUT2D eigenvalue weighted by Gasteiger charge is 2.13. The average Bonchev–Trinajstić information content (AvgIpc) is 2.55. The van der Waals surface area contributed by atoms with Gasteiger partial charge in [0.1, 0.15) is 11.5 Å². The third-order valence-electron chi connectivity index (χ3n) is 3.34. The fraction of sp³-hybridized carbons (Fsp3) is 0.250. The molecule has 0 aromatic heterocycles. The van der Waals surface area contributed by atoms with Gasteiger partial charge in [-0.1, -0.05) is 12.1 Å². The second kappa shape index (κ2) is 8.47. The van der Waals surface area contributed by atoms with E-state index < -0.39 is 9.85 Å². The van der Waals surface area contributed by atoms with Gasteiger partial charge in [-0.15, -0.1) is 0 Å². The Morgan fingerprint density at radius 3 is 1.33 bits per heavy atom. The van der Waals surface area contributed by atoms with Crippen molar-refractivity contribution in [2.75, 3.05) is 14.2 Å². The Balaban J connectivity index is 0.000000240. The SMILES string of the molecule is COc1cccc([N+](=O)[O-])c1C.COc1cccc([N+](=O)[O-])c1C. The predicted octanol–water partition coefficient (Wildman–Crippen LogP) is 3.82. The van der Waals surface area contributed by atoms with E-state index in [0.717, 1.165) is 0 Å². The maximum Gasteiger partial charge on any atom is 0.276 e. The van der Waals surface area contributed by atoms with Gasteiger partial charge in [-0.2, -0.15) is 0 Å². The highest BCUT2D eigenvalue weighted by Crippen LogP contribution is 2.27. The van der Waals surface area contributed by atoms with Gasteiger partial charge in [-0.05, 0) is 26.0 Å². The van der Waals surface area contributed by atoms with Gasteiger partial charge >= 0.3 is 0 Å². The summed E-state index contributed by atoms with van der Waals surface area (Å²) in [5, 5.41) is 20.9. The summed E-state index contributed by atoms with van der Waals surface area (Å²) in [6.45, 7) is 3.33. The first kappa shape index (κ1) is 18.9. The van der Waals surface area contributed by atoms with Crippen molar-refractivity contribution in [2.45, 2.75) is 13.8 Å². The highest BCUT2D eigenvalue weighted by atomic mass is 16.6. The molecule has 128 valence electrons. The molecule has 0 bridgehead atoms. The number of benzene rings is 2. The molecule has 2 rings (SSSR count). The first-order valence-electron chi connectivity index (χ1n) is 6.89. The molecular formula is C16H18N2O6. The molecule has 0 radical (unpaired) electrons. The lowest BCUT2D eigenvalue weighted by Crippen LogP contribution is -1.94. The summed E-state index contributed by atoms with van der Waals surface area (Å²) in [6.07, 6.45) is 0. The minimum absolute atomic E-state index is 0.0920. The van der Waals surface area contributed by atoms with E-state index in [0.29, 0.717) is 22.6 Å². The van der Waals surface area contributed by atoms with E-state index >= 15 is 0 Å². The molecule has 0 unspecified atom stereocenters. The van der Waals surface area contributed by atoms with E-state index in [2.05, 4.69) is 0 Å². The van der Waals surface area contributed by atoms with Gasteiger partial charge in [0.05, 0.1) is 35.2 Å². The Bertz CT molecular complexity index is 682. The van der Waals surface area contributed by atoms with Crippen LogP contribution in [0.3, 0.4) is 0 Å². The number of nitro groups is 2. The minimum Gasteiger partial charge on any atom is -0.496 e. The van der Waals surface area contributed by atoms with Crippen molar-refractivity contribution in [2.24, 2.45) is 0 Å². The summed E-state index contributed by atoms with van der Waals surface area (Å²) >= 11 is 0. The maximum absolute atomic E-state index is 10.4. The fourth-order valence-electron chi connectivity index (χ4n) is 2.04. The van der Waals surface area contributed by atoms with Crippen LogP contribution in [0.1, 0.15) is 11.1 Å². The summed E-state index contributed by atoms with van der Waals surface area (Å²) in [5.41, 5.74) is 1.30. The summed E-state index contributed by atoms with van der Waals surface area (Å²) in [4.78, 5) is 20.0. The highest BCUT2D eigenvalue weighted by molar-refractivity contribution is 5.48. The monoisotopic (exact) mass is 334 g/mol.